The number of hydrogen-bond donors (Lipinski definition) is 2. The van der Waals surface area contributed by atoms with Crippen LogP contribution in [0.25, 0.3) is 11.1 Å². The van der Waals surface area contributed by atoms with Crippen LogP contribution in [0.1, 0.15) is 15.9 Å². The van der Waals surface area contributed by atoms with Crippen molar-refractivity contribution in [3.63, 3.8) is 0 Å². The molecule has 2 rings (SSSR count). The molecule has 0 aliphatic heterocycles. The summed E-state index contributed by atoms with van der Waals surface area (Å²) in [5, 5.41) is 8.94. The maximum Gasteiger partial charge on any atom is 0.335 e. The van der Waals surface area contributed by atoms with Gasteiger partial charge in [-0.05, 0) is 30.2 Å². The first kappa shape index (κ1) is 11.1. The lowest BCUT2D eigenvalue weighted by atomic mass is 10.0. The Morgan fingerprint density at radius 2 is 2.12 bits per heavy atom. The fourth-order valence-corrected chi connectivity index (χ4v) is 1.65. The van der Waals surface area contributed by atoms with Gasteiger partial charge in [0, 0.05) is 11.8 Å². The van der Waals surface area contributed by atoms with Crippen LogP contribution in [0.15, 0.2) is 36.7 Å². The predicted octanol–water partition coefficient (Wildman–Crippen LogP) is 2.34. The summed E-state index contributed by atoms with van der Waals surface area (Å²) in [6.45, 7) is 1.89. The highest BCUT2D eigenvalue weighted by Crippen LogP contribution is 2.26. The minimum Gasteiger partial charge on any atom is -0.478 e. The zero-order valence-electron chi connectivity index (χ0n) is 9.34. The Morgan fingerprint density at radius 3 is 2.82 bits per heavy atom. The summed E-state index contributed by atoms with van der Waals surface area (Å²) in [5.41, 5.74) is 9.20. The third-order valence-corrected chi connectivity index (χ3v) is 2.67. The van der Waals surface area contributed by atoms with E-state index in [0.29, 0.717) is 5.69 Å². The van der Waals surface area contributed by atoms with E-state index in [4.69, 9.17) is 10.8 Å². The summed E-state index contributed by atoms with van der Waals surface area (Å²) >= 11 is 0. The number of aromatic carboxylic acids is 1. The quantitative estimate of drug-likeness (QED) is 0.827. The van der Waals surface area contributed by atoms with Crippen molar-refractivity contribution in [2.75, 3.05) is 5.73 Å². The number of benzene rings is 1. The average molecular weight is 228 g/mol. The molecule has 0 fully saturated rings. The minimum atomic E-state index is -0.943. The van der Waals surface area contributed by atoms with Crippen LogP contribution >= 0.6 is 0 Å². The van der Waals surface area contributed by atoms with Gasteiger partial charge in [-0.25, -0.2) is 4.79 Å². The molecule has 0 bridgehead atoms. The number of carbonyl (C=O) groups is 1. The third-order valence-electron chi connectivity index (χ3n) is 2.67. The van der Waals surface area contributed by atoms with Crippen LogP contribution < -0.4 is 5.73 Å². The Hall–Kier alpha value is -2.36. The highest BCUT2D eigenvalue weighted by atomic mass is 16.4. The van der Waals surface area contributed by atoms with Crippen LogP contribution in [-0.4, -0.2) is 16.1 Å². The number of hydrogen-bond acceptors (Lipinski definition) is 3. The van der Waals surface area contributed by atoms with Crippen molar-refractivity contribution in [3.8, 4) is 11.1 Å². The number of carboxylic acid groups (broad SMARTS) is 1. The molecule has 0 saturated carbocycles. The molecule has 1 heterocycles. The Balaban J connectivity index is 2.57. The van der Waals surface area contributed by atoms with Crippen molar-refractivity contribution in [1.29, 1.82) is 0 Å². The number of nitrogen functional groups attached to an aromatic ring is 1. The van der Waals surface area contributed by atoms with E-state index in [-0.39, 0.29) is 5.56 Å². The van der Waals surface area contributed by atoms with Gasteiger partial charge in [0.1, 0.15) is 0 Å². The molecule has 0 spiro atoms. The molecule has 0 aliphatic rings. The normalized spacial score (nSPS) is 10.2. The Morgan fingerprint density at radius 1 is 1.35 bits per heavy atom. The second kappa shape index (κ2) is 4.25. The number of aromatic nitrogens is 1. The molecule has 0 saturated heterocycles. The highest BCUT2D eigenvalue weighted by Gasteiger charge is 2.08. The Labute approximate surface area is 98.7 Å². The lowest BCUT2D eigenvalue weighted by Crippen LogP contribution is -1.97. The number of rotatable bonds is 2. The van der Waals surface area contributed by atoms with Gasteiger partial charge in [-0.15, -0.1) is 0 Å². The zero-order chi connectivity index (χ0) is 12.4. The molecule has 2 aromatic rings. The van der Waals surface area contributed by atoms with Gasteiger partial charge in [-0.2, -0.15) is 0 Å². The van der Waals surface area contributed by atoms with E-state index in [9.17, 15) is 4.79 Å². The largest absolute Gasteiger partial charge is 0.478 e. The van der Waals surface area contributed by atoms with Gasteiger partial charge in [-0.3, -0.25) is 4.98 Å². The lowest BCUT2D eigenvalue weighted by Gasteiger charge is -2.08. The first-order valence-electron chi connectivity index (χ1n) is 5.13. The first-order chi connectivity index (χ1) is 8.09. The van der Waals surface area contributed by atoms with Gasteiger partial charge in [0.2, 0.25) is 0 Å². The van der Waals surface area contributed by atoms with Crippen LogP contribution in [-0.2, 0) is 0 Å². The van der Waals surface area contributed by atoms with Crippen molar-refractivity contribution in [2.45, 2.75) is 6.92 Å². The molecule has 86 valence electrons. The summed E-state index contributed by atoms with van der Waals surface area (Å²) in [6.07, 6.45) is 3.27. The summed E-state index contributed by atoms with van der Waals surface area (Å²) in [7, 11) is 0. The van der Waals surface area contributed by atoms with E-state index in [1.165, 1.54) is 0 Å². The van der Waals surface area contributed by atoms with E-state index in [0.717, 1.165) is 16.7 Å². The van der Waals surface area contributed by atoms with Crippen LogP contribution in [0.5, 0.6) is 0 Å². The molecule has 4 nitrogen and oxygen atoms in total. The average Bonchev–Trinajstić information content (AvgIpc) is 2.33. The molecular formula is C13H12N2O2. The maximum atomic E-state index is 10.9. The van der Waals surface area contributed by atoms with Crippen molar-refractivity contribution >= 4 is 11.7 Å². The number of pyridine rings is 1. The molecule has 1 aromatic heterocycles. The van der Waals surface area contributed by atoms with Gasteiger partial charge in [0.15, 0.2) is 0 Å². The van der Waals surface area contributed by atoms with Gasteiger partial charge >= 0.3 is 5.97 Å². The maximum absolute atomic E-state index is 10.9. The highest BCUT2D eigenvalue weighted by molar-refractivity contribution is 5.89. The number of nitrogens with zero attached hydrogens (tertiary/aromatic N) is 1. The fraction of sp³-hybridized carbons (Fsp3) is 0.0769. The number of nitrogens with two attached hydrogens (primary N) is 1. The standard InChI is InChI=1S/C13H12N2O2/c1-8-11(6-15-7-12(8)14)9-3-2-4-10(5-9)13(16)17/h2-7H,14H2,1H3,(H,16,17). The molecule has 0 radical (unpaired) electrons. The zero-order valence-corrected chi connectivity index (χ0v) is 9.34. The molecule has 1 aromatic carbocycles. The molecule has 0 aliphatic carbocycles. The van der Waals surface area contributed by atoms with E-state index < -0.39 is 5.97 Å². The van der Waals surface area contributed by atoms with Gasteiger partial charge in [-0.1, -0.05) is 12.1 Å². The van der Waals surface area contributed by atoms with Crippen molar-refractivity contribution in [1.82, 2.24) is 4.98 Å². The van der Waals surface area contributed by atoms with E-state index in [1.807, 2.05) is 13.0 Å². The van der Waals surface area contributed by atoms with Crippen molar-refractivity contribution in [3.05, 3.63) is 47.8 Å². The topological polar surface area (TPSA) is 76.2 Å². The van der Waals surface area contributed by atoms with Crippen molar-refractivity contribution in [2.24, 2.45) is 0 Å². The predicted molar refractivity (Wildman–Crippen MR) is 65.8 cm³/mol. The molecule has 4 heteroatoms. The number of anilines is 1. The Kier molecular flexibility index (Phi) is 2.78. The van der Waals surface area contributed by atoms with Crippen LogP contribution in [0.4, 0.5) is 5.69 Å². The molecule has 0 amide bonds. The van der Waals surface area contributed by atoms with Gasteiger partial charge < -0.3 is 10.8 Å². The van der Waals surface area contributed by atoms with Gasteiger partial charge in [0.05, 0.1) is 17.4 Å². The summed E-state index contributed by atoms with van der Waals surface area (Å²) in [5.74, 6) is -0.943. The van der Waals surface area contributed by atoms with E-state index in [1.54, 1.807) is 30.6 Å². The first-order valence-corrected chi connectivity index (χ1v) is 5.13. The van der Waals surface area contributed by atoms with Crippen LogP contribution in [0.3, 0.4) is 0 Å². The molecule has 17 heavy (non-hydrogen) atoms. The van der Waals surface area contributed by atoms with Crippen molar-refractivity contribution < 1.29 is 9.90 Å². The third kappa shape index (κ3) is 2.10. The summed E-state index contributed by atoms with van der Waals surface area (Å²) in [4.78, 5) is 14.9. The molecular weight excluding hydrogens is 216 g/mol. The van der Waals surface area contributed by atoms with Gasteiger partial charge in [0.25, 0.3) is 0 Å². The number of carboxylic acids is 1. The smallest absolute Gasteiger partial charge is 0.335 e. The van der Waals surface area contributed by atoms with E-state index >= 15 is 0 Å². The summed E-state index contributed by atoms with van der Waals surface area (Å²) in [6, 6.07) is 6.73. The van der Waals surface area contributed by atoms with Crippen LogP contribution in [0.2, 0.25) is 0 Å². The summed E-state index contributed by atoms with van der Waals surface area (Å²) < 4.78 is 0. The monoisotopic (exact) mass is 228 g/mol. The minimum absolute atomic E-state index is 0.254. The molecule has 0 unspecified atom stereocenters. The van der Waals surface area contributed by atoms with Crippen LogP contribution in [0, 0.1) is 6.92 Å². The second-order valence-corrected chi connectivity index (χ2v) is 3.79. The lowest BCUT2D eigenvalue weighted by molar-refractivity contribution is 0.0697. The van der Waals surface area contributed by atoms with E-state index in [2.05, 4.69) is 4.98 Å². The second-order valence-electron chi connectivity index (χ2n) is 3.79. The molecule has 0 atom stereocenters. The SMILES string of the molecule is Cc1c(N)cncc1-c1cccc(C(=O)O)c1. The Bertz CT molecular complexity index is 579. The molecule has 3 N–H and O–H groups in total. The fourth-order valence-electron chi connectivity index (χ4n) is 1.65.